The van der Waals surface area contributed by atoms with E-state index in [4.69, 9.17) is 14.6 Å². The molecule has 108 valence electrons. The van der Waals surface area contributed by atoms with E-state index < -0.39 is 10.9 Å². The van der Waals surface area contributed by atoms with Crippen LogP contribution < -0.4 is 9.47 Å². The lowest BCUT2D eigenvalue weighted by Crippen LogP contribution is -1.96. The summed E-state index contributed by atoms with van der Waals surface area (Å²) in [6.45, 7) is 0. The van der Waals surface area contributed by atoms with Crippen molar-refractivity contribution in [1.82, 2.24) is 0 Å². The molecule has 21 heavy (non-hydrogen) atoms. The van der Waals surface area contributed by atoms with Crippen LogP contribution in [0.15, 0.2) is 42.5 Å². The average Bonchev–Trinajstić information content (AvgIpc) is 2.47. The number of rotatable bonds is 5. The van der Waals surface area contributed by atoms with E-state index in [2.05, 4.69) is 0 Å². The SMILES string of the molecule is COc1cc(Oc2ccc(C(=O)O)cc2)ccc1[N+](=O)[O-]. The minimum atomic E-state index is -1.03. The van der Waals surface area contributed by atoms with Crippen molar-refractivity contribution in [1.29, 1.82) is 0 Å². The van der Waals surface area contributed by atoms with Gasteiger partial charge in [0.15, 0.2) is 0 Å². The molecule has 0 aliphatic carbocycles. The van der Waals surface area contributed by atoms with Gasteiger partial charge in [0.1, 0.15) is 11.5 Å². The molecule has 0 fully saturated rings. The lowest BCUT2D eigenvalue weighted by atomic mass is 10.2. The molecule has 0 saturated heterocycles. The molecule has 0 radical (unpaired) electrons. The third-order valence-electron chi connectivity index (χ3n) is 2.68. The largest absolute Gasteiger partial charge is 0.490 e. The maximum Gasteiger partial charge on any atom is 0.335 e. The number of hydrogen-bond acceptors (Lipinski definition) is 5. The maximum atomic E-state index is 10.8. The van der Waals surface area contributed by atoms with Crippen LogP contribution in [0.2, 0.25) is 0 Å². The van der Waals surface area contributed by atoms with E-state index in [0.717, 1.165) is 0 Å². The number of nitro groups is 1. The Labute approximate surface area is 119 Å². The Bertz CT molecular complexity index is 680. The standard InChI is InChI=1S/C14H11NO6/c1-20-13-8-11(6-7-12(13)15(18)19)21-10-4-2-9(3-5-10)14(16)17/h2-8H,1H3,(H,16,17). The van der Waals surface area contributed by atoms with Crippen molar-refractivity contribution < 1.29 is 24.3 Å². The van der Waals surface area contributed by atoms with Crippen molar-refractivity contribution in [2.24, 2.45) is 0 Å². The second-order valence-corrected chi connectivity index (χ2v) is 4.02. The van der Waals surface area contributed by atoms with Gasteiger partial charge in [-0.25, -0.2) is 4.79 Å². The van der Waals surface area contributed by atoms with Crippen LogP contribution >= 0.6 is 0 Å². The number of nitrogens with zero attached hydrogens (tertiary/aromatic N) is 1. The number of carboxylic acids is 1. The maximum absolute atomic E-state index is 10.8. The van der Waals surface area contributed by atoms with Gasteiger partial charge in [-0.15, -0.1) is 0 Å². The van der Waals surface area contributed by atoms with Crippen LogP contribution in [-0.4, -0.2) is 23.1 Å². The van der Waals surface area contributed by atoms with Gasteiger partial charge in [-0.2, -0.15) is 0 Å². The molecule has 7 heteroatoms. The Hall–Kier alpha value is -3.09. The Kier molecular flexibility index (Phi) is 4.03. The second-order valence-electron chi connectivity index (χ2n) is 4.02. The molecule has 2 aromatic carbocycles. The summed E-state index contributed by atoms with van der Waals surface area (Å²) in [5.41, 5.74) is -0.0188. The predicted octanol–water partition coefficient (Wildman–Crippen LogP) is 3.09. The third-order valence-corrected chi connectivity index (χ3v) is 2.68. The molecule has 0 aliphatic rings. The first-order valence-electron chi connectivity index (χ1n) is 5.85. The van der Waals surface area contributed by atoms with Gasteiger partial charge in [0.25, 0.3) is 0 Å². The van der Waals surface area contributed by atoms with Gasteiger partial charge in [-0.3, -0.25) is 10.1 Å². The molecule has 0 amide bonds. The number of hydrogen-bond donors (Lipinski definition) is 1. The van der Waals surface area contributed by atoms with Crippen LogP contribution in [0.3, 0.4) is 0 Å². The van der Waals surface area contributed by atoms with Crippen LogP contribution in [0.4, 0.5) is 5.69 Å². The Balaban J connectivity index is 2.23. The quantitative estimate of drug-likeness (QED) is 0.670. The van der Waals surface area contributed by atoms with Crippen LogP contribution in [0.25, 0.3) is 0 Å². The van der Waals surface area contributed by atoms with Gasteiger partial charge >= 0.3 is 11.7 Å². The molecule has 0 aromatic heterocycles. The molecular formula is C14H11NO6. The lowest BCUT2D eigenvalue weighted by molar-refractivity contribution is -0.385. The number of aromatic carboxylic acids is 1. The summed E-state index contributed by atoms with van der Waals surface area (Å²) in [7, 11) is 1.33. The van der Waals surface area contributed by atoms with Crippen molar-refractivity contribution in [3.05, 3.63) is 58.1 Å². The van der Waals surface area contributed by atoms with Gasteiger partial charge in [0.2, 0.25) is 5.75 Å². The first-order valence-corrected chi connectivity index (χ1v) is 5.85. The highest BCUT2D eigenvalue weighted by atomic mass is 16.6. The highest BCUT2D eigenvalue weighted by Crippen LogP contribution is 2.32. The zero-order valence-electron chi connectivity index (χ0n) is 11.0. The lowest BCUT2D eigenvalue weighted by Gasteiger charge is -2.08. The predicted molar refractivity (Wildman–Crippen MR) is 73.1 cm³/mol. The first kappa shape index (κ1) is 14.3. The zero-order chi connectivity index (χ0) is 15.4. The molecule has 0 aliphatic heterocycles. The molecule has 0 spiro atoms. The number of methoxy groups -OCH3 is 1. The topological polar surface area (TPSA) is 98.9 Å². The monoisotopic (exact) mass is 289 g/mol. The summed E-state index contributed by atoms with van der Waals surface area (Å²) in [5.74, 6) is -0.186. The van der Waals surface area contributed by atoms with Crippen LogP contribution in [0, 0.1) is 10.1 Å². The van der Waals surface area contributed by atoms with Gasteiger partial charge in [-0.05, 0) is 30.3 Å². The fourth-order valence-corrected chi connectivity index (χ4v) is 1.67. The van der Waals surface area contributed by atoms with Crippen molar-refractivity contribution in [3.8, 4) is 17.2 Å². The van der Waals surface area contributed by atoms with E-state index in [9.17, 15) is 14.9 Å². The van der Waals surface area contributed by atoms with Crippen LogP contribution in [0.1, 0.15) is 10.4 Å². The van der Waals surface area contributed by atoms with E-state index in [1.165, 1.54) is 49.6 Å². The Morgan fingerprint density at radius 2 is 1.76 bits per heavy atom. The minimum absolute atomic E-state index is 0.0830. The normalized spacial score (nSPS) is 9.95. The van der Waals surface area contributed by atoms with E-state index >= 15 is 0 Å². The summed E-state index contributed by atoms with van der Waals surface area (Å²) in [4.78, 5) is 21.0. The minimum Gasteiger partial charge on any atom is -0.490 e. The van der Waals surface area contributed by atoms with Crippen LogP contribution in [0.5, 0.6) is 17.2 Å². The van der Waals surface area contributed by atoms with Crippen molar-refractivity contribution in [2.75, 3.05) is 7.11 Å². The van der Waals surface area contributed by atoms with Crippen molar-refractivity contribution in [3.63, 3.8) is 0 Å². The molecule has 0 heterocycles. The summed E-state index contributed by atoms with van der Waals surface area (Å²) < 4.78 is 10.4. The summed E-state index contributed by atoms with van der Waals surface area (Å²) in [5, 5.41) is 19.6. The highest BCUT2D eigenvalue weighted by molar-refractivity contribution is 5.87. The fraction of sp³-hybridized carbons (Fsp3) is 0.0714. The van der Waals surface area contributed by atoms with E-state index in [1.807, 2.05) is 0 Å². The molecule has 2 rings (SSSR count). The Morgan fingerprint density at radius 3 is 2.29 bits per heavy atom. The molecule has 7 nitrogen and oxygen atoms in total. The first-order chi connectivity index (χ1) is 10.0. The second kappa shape index (κ2) is 5.91. The van der Waals surface area contributed by atoms with E-state index in [1.54, 1.807) is 0 Å². The van der Waals surface area contributed by atoms with Crippen molar-refractivity contribution in [2.45, 2.75) is 0 Å². The molecule has 0 atom stereocenters. The third kappa shape index (κ3) is 3.27. The molecule has 1 N–H and O–H groups in total. The van der Waals surface area contributed by atoms with Crippen LogP contribution in [-0.2, 0) is 0 Å². The fourth-order valence-electron chi connectivity index (χ4n) is 1.67. The summed E-state index contributed by atoms with van der Waals surface area (Å²) in [6, 6.07) is 9.91. The average molecular weight is 289 g/mol. The van der Waals surface area contributed by atoms with Crippen molar-refractivity contribution >= 4 is 11.7 Å². The molecule has 0 saturated carbocycles. The highest BCUT2D eigenvalue weighted by Gasteiger charge is 2.15. The van der Waals surface area contributed by atoms with Gasteiger partial charge < -0.3 is 14.6 Å². The van der Waals surface area contributed by atoms with Gasteiger partial charge in [-0.1, -0.05) is 0 Å². The van der Waals surface area contributed by atoms with E-state index in [0.29, 0.717) is 11.5 Å². The summed E-state index contributed by atoms with van der Waals surface area (Å²) >= 11 is 0. The number of carbonyl (C=O) groups is 1. The molecule has 2 aromatic rings. The number of nitro benzene ring substituents is 1. The molecular weight excluding hydrogens is 278 g/mol. The number of benzene rings is 2. The van der Waals surface area contributed by atoms with Gasteiger partial charge in [0, 0.05) is 12.1 Å². The zero-order valence-corrected chi connectivity index (χ0v) is 11.0. The number of ether oxygens (including phenoxy) is 2. The molecule has 0 unspecified atom stereocenters. The molecule has 0 bridgehead atoms. The smallest absolute Gasteiger partial charge is 0.335 e. The number of carboxylic acid groups (broad SMARTS) is 1. The van der Waals surface area contributed by atoms with Gasteiger partial charge in [0.05, 0.1) is 17.6 Å². The van der Waals surface area contributed by atoms with E-state index in [-0.39, 0.29) is 17.0 Å². The summed E-state index contributed by atoms with van der Waals surface area (Å²) in [6.07, 6.45) is 0. The Morgan fingerprint density at radius 1 is 1.14 bits per heavy atom.